The highest BCUT2D eigenvalue weighted by molar-refractivity contribution is 14.0. The molecular weight excluding hydrogens is 485 g/mol. The maximum Gasteiger partial charge on any atom is 0.191 e. The van der Waals surface area contributed by atoms with E-state index in [2.05, 4.69) is 27.5 Å². The van der Waals surface area contributed by atoms with Crippen molar-refractivity contribution >= 4 is 51.8 Å². The Kier molecular flexibility index (Phi) is 9.70. The van der Waals surface area contributed by atoms with E-state index in [0.717, 1.165) is 67.2 Å². The summed E-state index contributed by atoms with van der Waals surface area (Å²) < 4.78 is 12.2. The lowest BCUT2D eigenvalue weighted by Gasteiger charge is -2.30. The molecule has 3 rings (SSSR count). The molecule has 3 unspecified atom stereocenters. The number of rotatable bonds is 7. The van der Waals surface area contributed by atoms with Crippen LogP contribution >= 0.6 is 24.0 Å². The molecule has 0 amide bonds. The number of halogens is 1. The Morgan fingerprint density at radius 2 is 2.14 bits per heavy atom. The first-order valence-corrected chi connectivity index (χ1v) is 11.4. The third kappa shape index (κ3) is 6.43. The number of H-pyrrole nitrogens is 1. The van der Waals surface area contributed by atoms with Crippen LogP contribution in [0, 0.1) is 0 Å². The summed E-state index contributed by atoms with van der Waals surface area (Å²) in [5.41, 5.74) is 2.07. The SMILES string of the molecule is CCNC(=NCCc1nc2ccccc2[nH]1)NC1CCCC(S(=O)CC)C1.I. The molecule has 0 saturated heterocycles. The van der Waals surface area contributed by atoms with Gasteiger partial charge in [-0.2, -0.15) is 0 Å². The van der Waals surface area contributed by atoms with Crippen molar-refractivity contribution in [2.45, 2.75) is 57.2 Å². The number of aromatic amines is 1. The van der Waals surface area contributed by atoms with E-state index in [4.69, 9.17) is 4.99 Å². The third-order valence-corrected chi connectivity index (χ3v) is 6.77. The minimum Gasteiger partial charge on any atom is -0.357 e. The van der Waals surface area contributed by atoms with Crippen LogP contribution in [0.15, 0.2) is 29.3 Å². The largest absolute Gasteiger partial charge is 0.357 e. The van der Waals surface area contributed by atoms with Crippen LogP contribution < -0.4 is 10.6 Å². The Labute approximate surface area is 187 Å². The summed E-state index contributed by atoms with van der Waals surface area (Å²) >= 11 is 0. The van der Waals surface area contributed by atoms with E-state index in [1.807, 2.05) is 31.2 Å². The van der Waals surface area contributed by atoms with Gasteiger partial charge < -0.3 is 15.6 Å². The molecule has 1 heterocycles. The Morgan fingerprint density at radius 3 is 2.89 bits per heavy atom. The van der Waals surface area contributed by atoms with Gasteiger partial charge >= 0.3 is 0 Å². The van der Waals surface area contributed by atoms with Crippen molar-refractivity contribution < 1.29 is 4.21 Å². The van der Waals surface area contributed by atoms with Gasteiger partial charge in [0.15, 0.2) is 5.96 Å². The van der Waals surface area contributed by atoms with Gasteiger partial charge in [0.25, 0.3) is 0 Å². The van der Waals surface area contributed by atoms with Crippen molar-refractivity contribution in [2.75, 3.05) is 18.8 Å². The van der Waals surface area contributed by atoms with Gasteiger partial charge in [-0.15, -0.1) is 24.0 Å². The second-order valence-electron chi connectivity index (χ2n) is 7.01. The van der Waals surface area contributed by atoms with Crippen LogP contribution in [0.25, 0.3) is 11.0 Å². The fourth-order valence-electron chi connectivity index (χ4n) is 3.66. The summed E-state index contributed by atoms with van der Waals surface area (Å²) in [7, 11) is -0.704. The van der Waals surface area contributed by atoms with Crippen molar-refractivity contribution in [3.8, 4) is 0 Å². The zero-order chi connectivity index (χ0) is 19.1. The molecule has 1 fully saturated rings. The van der Waals surface area contributed by atoms with Gasteiger partial charge in [-0.05, 0) is 38.3 Å². The number of para-hydroxylation sites is 2. The summed E-state index contributed by atoms with van der Waals surface area (Å²) in [6.07, 6.45) is 5.07. The van der Waals surface area contributed by atoms with E-state index in [-0.39, 0.29) is 24.0 Å². The Morgan fingerprint density at radius 1 is 1.32 bits per heavy atom. The quantitative estimate of drug-likeness (QED) is 0.299. The van der Waals surface area contributed by atoms with E-state index in [9.17, 15) is 4.21 Å². The van der Waals surface area contributed by atoms with Crippen LogP contribution in [0.4, 0.5) is 0 Å². The van der Waals surface area contributed by atoms with Crippen LogP contribution in [-0.2, 0) is 17.2 Å². The van der Waals surface area contributed by atoms with Crippen LogP contribution in [0.5, 0.6) is 0 Å². The Bertz CT molecular complexity index is 761. The summed E-state index contributed by atoms with van der Waals surface area (Å²) in [5, 5.41) is 7.20. The lowest BCUT2D eigenvalue weighted by Crippen LogP contribution is -2.46. The topological polar surface area (TPSA) is 82.2 Å². The fourth-order valence-corrected chi connectivity index (χ4v) is 5.01. The molecule has 1 aromatic carbocycles. The molecule has 3 N–H and O–H groups in total. The molecule has 156 valence electrons. The molecule has 1 saturated carbocycles. The number of guanidine groups is 1. The molecule has 0 bridgehead atoms. The van der Waals surface area contributed by atoms with Crippen molar-refractivity contribution in [3.63, 3.8) is 0 Å². The van der Waals surface area contributed by atoms with Gasteiger partial charge in [-0.3, -0.25) is 9.20 Å². The highest BCUT2D eigenvalue weighted by Gasteiger charge is 2.26. The van der Waals surface area contributed by atoms with Gasteiger partial charge in [0, 0.05) is 47.4 Å². The zero-order valence-electron chi connectivity index (χ0n) is 16.7. The molecule has 0 aliphatic heterocycles. The standard InChI is InChI=1S/C20H31N5OS.HI/c1-3-21-20(23-15-8-7-9-16(14-15)27(26)4-2)22-13-12-19-24-17-10-5-6-11-18(17)25-19;/h5-6,10-11,15-16H,3-4,7-9,12-14H2,1-2H3,(H,24,25)(H2,21,22,23);1H. The lowest BCUT2D eigenvalue weighted by molar-refractivity contribution is 0.413. The van der Waals surface area contributed by atoms with Crippen molar-refractivity contribution in [1.29, 1.82) is 0 Å². The van der Waals surface area contributed by atoms with Gasteiger partial charge in [0.1, 0.15) is 5.82 Å². The van der Waals surface area contributed by atoms with Crippen molar-refractivity contribution in [3.05, 3.63) is 30.1 Å². The predicted molar refractivity (Wildman–Crippen MR) is 129 cm³/mol. The van der Waals surface area contributed by atoms with E-state index in [1.165, 1.54) is 0 Å². The smallest absolute Gasteiger partial charge is 0.191 e. The number of aromatic nitrogens is 2. The number of nitrogens with one attached hydrogen (secondary N) is 3. The molecule has 8 heteroatoms. The van der Waals surface area contributed by atoms with E-state index < -0.39 is 10.8 Å². The van der Waals surface area contributed by atoms with Gasteiger partial charge in [-0.1, -0.05) is 25.5 Å². The Balaban J connectivity index is 0.00000280. The van der Waals surface area contributed by atoms with Crippen LogP contribution in [0.2, 0.25) is 0 Å². The molecule has 6 nitrogen and oxygen atoms in total. The number of fused-ring (bicyclic) bond motifs is 1. The van der Waals surface area contributed by atoms with Gasteiger partial charge in [0.05, 0.1) is 11.0 Å². The van der Waals surface area contributed by atoms with Crippen molar-refractivity contribution in [1.82, 2.24) is 20.6 Å². The number of imidazole rings is 1. The highest BCUT2D eigenvalue weighted by atomic mass is 127. The molecule has 2 aromatic rings. The third-order valence-electron chi connectivity index (χ3n) is 5.02. The van der Waals surface area contributed by atoms with Crippen LogP contribution in [0.3, 0.4) is 0 Å². The summed E-state index contributed by atoms with van der Waals surface area (Å²) in [6.45, 7) is 5.59. The van der Waals surface area contributed by atoms with Crippen LogP contribution in [0.1, 0.15) is 45.4 Å². The first-order valence-electron chi connectivity index (χ1n) is 10.0. The minimum atomic E-state index is -0.704. The number of nitrogens with zero attached hydrogens (tertiary/aromatic N) is 2. The second-order valence-corrected chi connectivity index (χ2v) is 9.02. The number of aliphatic imine (C=N–C) groups is 1. The monoisotopic (exact) mass is 517 g/mol. The molecule has 3 atom stereocenters. The average molecular weight is 517 g/mol. The number of benzene rings is 1. The molecule has 0 spiro atoms. The second kappa shape index (κ2) is 11.7. The molecular formula is C20H32IN5OS. The molecule has 0 radical (unpaired) electrons. The van der Waals surface area contributed by atoms with Crippen LogP contribution in [-0.4, -0.2) is 50.3 Å². The van der Waals surface area contributed by atoms with E-state index >= 15 is 0 Å². The number of hydrogen-bond acceptors (Lipinski definition) is 3. The maximum atomic E-state index is 12.2. The van der Waals surface area contributed by atoms with E-state index in [1.54, 1.807) is 0 Å². The molecule has 1 aliphatic rings. The highest BCUT2D eigenvalue weighted by Crippen LogP contribution is 2.23. The molecule has 1 aliphatic carbocycles. The summed E-state index contributed by atoms with van der Waals surface area (Å²) in [5.74, 6) is 2.57. The zero-order valence-corrected chi connectivity index (χ0v) is 19.9. The summed E-state index contributed by atoms with van der Waals surface area (Å²) in [6, 6.07) is 8.42. The van der Waals surface area contributed by atoms with E-state index in [0.29, 0.717) is 17.8 Å². The average Bonchev–Trinajstić information content (AvgIpc) is 3.10. The van der Waals surface area contributed by atoms with Gasteiger partial charge in [0.2, 0.25) is 0 Å². The molecule has 1 aromatic heterocycles. The minimum absolute atomic E-state index is 0. The molecule has 28 heavy (non-hydrogen) atoms. The first-order chi connectivity index (χ1) is 13.2. The first kappa shape index (κ1) is 23.1. The predicted octanol–water partition coefficient (Wildman–Crippen LogP) is 3.36. The fraction of sp³-hybridized carbons (Fsp3) is 0.600. The Hall–Kier alpha value is -1.16. The van der Waals surface area contributed by atoms with Gasteiger partial charge in [-0.25, -0.2) is 4.98 Å². The van der Waals surface area contributed by atoms with Crippen molar-refractivity contribution in [2.24, 2.45) is 4.99 Å². The normalized spacial score (nSPS) is 21.1. The maximum absolute atomic E-state index is 12.2. The number of hydrogen-bond donors (Lipinski definition) is 3. The summed E-state index contributed by atoms with van der Waals surface area (Å²) in [4.78, 5) is 12.7. The lowest BCUT2D eigenvalue weighted by atomic mass is 9.95.